The molecule has 0 heterocycles. The Hall–Kier alpha value is -0.640. The van der Waals surface area contributed by atoms with Gasteiger partial charge in [-0.3, -0.25) is 4.79 Å². The van der Waals surface area contributed by atoms with Crippen molar-refractivity contribution in [3.8, 4) is 0 Å². The average Bonchev–Trinajstić information content (AvgIpc) is 1.80. The van der Waals surface area contributed by atoms with Gasteiger partial charge in [0.2, 0.25) is 5.91 Å². The summed E-state index contributed by atoms with van der Waals surface area (Å²) < 4.78 is 2.80. The second kappa shape index (κ2) is 5.50. The fraction of sp³-hybridized carbons (Fsp3) is 0.400. The minimum absolute atomic E-state index is 0.431. The van der Waals surface area contributed by atoms with Crippen LogP contribution < -0.4 is 10.5 Å². The van der Waals surface area contributed by atoms with Crippen molar-refractivity contribution in [2.24, 2.45) is 5.73 Å². The molecule has 0 aromatic carbocycles. The monoisotopic (exact) mass is 146 g/mol. The van der Waals surface area contributed by atoms with Gasteiger partial charge < -0.3 is 10.5 Å². The minimum Gasteiger partial charge on any atom is -0.366 e. The molecular formula is C5H10N2OS. The van der Waals surface area contributed by atoms with Crippen molar-refractivity contribution < 1.29 is 4.79 Å². The number of nitrogens with one attached hydrogen (secondary N) is 1. The number of rotatable bonds is 4. The highest BCUT2D eigenvalue weighted by Crippen LogP contribution is 1.88. The standard InChI is InChI=1S/C5H10N2OS/c1-2-9-7-4-3-5(6)8/h3-4,7H,2H2,1H3,(H2,6,8)/b4-3-. The molecule has 0 fully saturated rings. The Bertz CT molecular complexity index is 114. The van der Waals surface area contributed by atoms with Gasteiger partial charge in [0.1, 0.15) is 0 Å². The largest absolute Gasteiger partial charge is 0.366 e. The average molecular weight is 146 g/mol. The molecule has 0 atom stereocenters. The van der Waals surface area contributed by atoms with Gasteiger partial charge in [0.05, 0.1) is 0 Å². The first-order valence-corrected chi connectivity index (χ1v) is 3.59. The predicted octanol–water partition coefficient (Wildman–Crippen LogP) is 0.243. The van der Waals surface area contributed by atoms with Crippen LogP contribution >= 0.6 is 11.9 Å². The van der Waals surface area contributed by atoms with Crippen LogP contribution in [-0.2, 0) is 4.79 Å². The minimum atomic E-state index is -0.431. The van der Waals surface area contributed by atoms with Crippen LogP contribution in [0.5, 0.6) is 0 Å². The van der Waals surface area contributed by atoms with Crippen LogP contribution in [0.2, 0.25) is 0 Å². The molecule has 0 rings (SSSR count). The van der Waals surface area contributed by atoms with E-state index in [9.17, 15) is 4.79 Å². The van der Waals surface area contributed by atoms with Gasteiger partial charge >= 0.3 is 0 Å². The Morgan fingerprint density at radius 2 is 2.56 bits per heavy atom. The predicted molar refractivity (Wildman–Crippen MR) is 39.6 cm³/mol. The lowest BCUT2D eigenvalue weighted by atomic mass is 10.6. The molecule has 0 radical (unpaired) electrons. The van der Waals surface area contributed by atoms with Gasteiger partial charge in [-0.05, 0) is 0 Å². The number of hydrogen-bond donors (Lipinski definition) is 2. The van der Waals surface area contributed by atoms with Crippen LogP contribution in [-0.4, -0.2) is 11.7 Å². The van der Waals surface area contributed by atoms with Gasteiger partial charge in [-0.2, -0.15) is 0 Å². The highest BCUT2D eigenvalue weighted by atomic mass is 32.2. The Balaban J connectivity index is 3.15. The summed E-state index contributed by atoms with van der Waals surface area (Å²) in [5.74, 6) is 0.530. The van der Waals surface area contributed by atoms with Crippen LogP contribution in [0.25, 0.3) is 0 Å². The number of carbonyl (C=O) groups excluding carboxylic acids is 1. The van der Waals surface area contributed by atoms with Crippen molar-refractivity contribution >= 4 is 17.9 Å². The van der Waals surface area contributed by atoms with E-state index in [4.69, 9.17) is 5.73 Å². The highest BCUT2D eigenvalue weighted by Gasteiger charge is 1.79. The van der Waals surface area contributed by atoms with E-state index in [1.807, 2.05) is 6.92 Å². The van der Waals surface area contributed by atoms with Gasteiger partial charge in [0.15, 0.2) is 0 Å². The number of primary amides is 1. The smallest absolute Gasteiger partial charge is 0.242 e. The van der Waals surface area contributed by atoms with E-state index >= 15 is 0 Å². The van der Waals surface area contributed by atoms with E-state index in [-0.39, 0.29) is 0 Å². The normalized spacial score (nSPS) is 9.89. The lowest BCUT2D eigenvalue weighted by Crippen LogP contribution is -2.07. The summed E-state index contributed by atoms with van der Waals surface area (Å²) in [6.07, 6.45) is 2.80. The molecule has 0 aliphatic rings. The molecular weight excluding hydrogens is 136 g/mol. The van der Waals surface area contributed by atoms with E-state index in [1.54, 1.807) is 0 Å². The third kappa shape index (κ3) is 7.36. The molecule has 0 aliphatic heterocycles. The molecule has 0 aliphatic carbocycles. The Labute approximate surface area is 58.8 Å². The van der Waals surface area contributed by atoms with Gasteiger partial charge in [-0.1, -0.05) is 18.9 Å². The third-order valence-electron chi connectivity index (χ3n) is 0.543. The topological polar surface area (TPSA) is 55.1 Å². The van der Waals surface area contributed by atoms with Gasteiger partial charge in [-0.25, -0.2) is 0 Å². The van der Waals surface area contributed by atoms with Crippen LogP contribution in [0.4, 0.5) is 0 Å². The SMILES string of the molecule is CCSN/C=C\C(N)=O. The van der Waals surface area contributed by atoms with Crippen LogP contribution in [0.15, 0.2) is 12.3 Å². The third-order valence-corrected chi connectivity index (χ3v) is 1.13. The lowest BCUT2D eigenvalue weighted by Gasteiger charge is -1.91. The first kappa shape index (κ1) is 8.36. The number of hydrogen-bond acceptors (Lipinski definition) is 3. The van der Waals surface area contributed by atoms with Gasteiger partial charge in [0.25, 0.3) is 0 Å². The van der Waals surface area contributed by atoms with Crippen molar-refractivity contribution in [3.05, 3.63) is 12.3 Å². The van der Waals surface area contributed by atoms with Crippen molar-refractivity contribution in [2.45, 2.75) is 6.92 Å². The Morgan fingerprint density at radius 1 is 1.89 bits per heavy atom. The second-order valence-corrected chi connectivity index (χ2v) is 2.39. The first-order valence-electron chi connectivity index (χ1n) is 2.60. The van der Waals surface area contributed by atoms with Crippen molar-refractivity contribution in [1.29, 1.82) is 0 Å². The summed E-state index contributed by atoms with van der Waals surface area (Å²) in [6.45, 7) is 2.01. The van der Waals surface area contributed by atoms with E-state index in [0.29, 0.717) is 0 Å². The molecule has 0 bridgehead atoms. The molecule has 1 amide bonds. The molecule has 0 unspecified atom stereocenters. The molecule has 4 heteroatoms. The Kier molecular flexibility index (Phi) is 5.11. The molecule has 3 nitrogen and oxygen atoms in total. The second-order valence-electron chi connectivity index (χ2n) is 1.29. The molecule has 9 heavy (non-hydrogen) atoms. The van der Waals surface area contributed by atoms with Crippen LogP contribution in [0.1, 0.15) is 6.92 Å². The molecule has 0 saturated carbocycles. The maximum Gasteiger partial charge on any atom is 0.242 e. The summed E-state index contributed by atoms with van der Waals surface area (Å²) in [5.41, 5.74) is 4.80. The van der Waals surface area contributed by atoms with E-state index in [1.165, 1.54) is 24.2 Å². The molecule has 0 aromatic rings. The summed E-state index contributed by atoms with van der Waals surface area (Å²) in [5, 5.41) is 0. The van der Waals surface area contributed by atoms with Crippen molar-refractivity contribution in [3.63, 3.8) is 0 Å². The molecule has 3 N–H and O–H groups in total. The van der Waals surface area contributed by atoms with Crippen LogP contribution in [0.3, 0.4) is 0 Å². The maximum absolute atomic E-state index is 10.0. The number of amides is 1. The summed E-state index contributed by atoms with van der Waals surface area (Å²) in [4.78, 5) is 10.0. The zero-order chi connectivity index (χ0) is 7.11. The van der Waals surface area contributed by atoms with E-state index in [2.05, 4.69) is 4.72 Å². The van der Waals surface area contributed by atoms with Gasteiger partial charge in [0, 0.05) is 18.0 Å². The quantitative estimate of drug-likeness (QED) is 0.339. The zero-order valence-corrected chi connectivity index (χ0v) is 6.07. The fourth-order valence-corrected chi connectivity index (χ4v) is 0.579. The molecule has 52 valence electrons. The summed E-state index contributed by atoms with van der Waals surface area (Å²) in [6, 6.07) is 0. The van der Waals surface area contributed by atoms with Crippen LogP contribution in [0, 0.1) is 0 Å². The van der Waals surface area contributed by atoms with Gasteiger partial charge in [-0.15, -0.1) is 0 Å². The maximum atomic E-state index is 10.0. The lowest BCUT2D eigenvalue weighted by molar-refractivity contribution is -0.113. The molecule has 0 spiro atoms. The molecule has 0 aromatic heterocycles. The zero-order valence-electron chi connectivity index (χ0n) is 5.26. The van der Waals surface area contributed by atoms with E-state index in [0.717, 1.165) is 5.75 Å². The van der Waals surface area contributed by atoms with Crippen molar-refractivity contribution in [1.82, 2.24) is 4.72 Å². The molecule has 0 saturated heterocycles. The summed E-state index contributed by atoms with van der Waals surface area (Å²) in [7, 11) is 0. The number of carbonyl (C=O) groups is 1. The number of nitrogens with two attached hydrogens (primary N) is 1. The van der Waals surface area contributed by atoms with Crippen molar-refractivity contribution in [2.75, 3.05) is 5.75 Å². The Morgan fingerprint density at radius 3 is 3.00 bits per heavy atom. The summed E-state index contributed by atoms with van der Waals surface area (Å²) >= 11 is 1.51. The highest BCUT2D eigenvalue weighted by molar-refractivity contribution is 7.97. The fourth-order valence-electron chi connectivity index (χ4n) is 0.248. The van der Waals surface area contributed by atoms with E-state index < -0.39 is 5.91 Å². The first-order chi connectivity index (χ1) is 4.27.